The lowest BCUT2D eigenvalue weighted by molar-refractivity contribution is 0.108. The number of hydrogen-bond acceptors (Lipinski definition) is 4. The van der Waals surface area contributed by atoms with Gasteiger partial charge in [-0.1, -0.05) is 26.7 Å². The van der Waals surface area contributed by atoms with E-state index in [4.69, 9.17) is 9.47 Å². The van der Waals surface area contributed by atoms with E-state index in [-0.39, 0.29) is 0 Å². The minimum atomic E-state index is -0.571. The maximum Gasteiger partial charge on any atom is 0.124 e. The van der Waals surface area contributed by atoms with Crippen LogP contribution in [-0.2, 0) is 0 Å². The number of methoxy groups -OCH3 is 2. The summed E-state index contributed by atoms with van der Waals surface area (Å²) in [5.74, 6) is 1.45. The molecule has 0 aliphatic rings. The molecular weight excluding hydrogens is 278 g/mol. The van der Waals surface area contributed by atoms with Crippen molar-refractivity contribution in [1.82, 2.24) is 4.90 Å². The van der Waals surface area contributed by atoms with E-state index >= 15 is 0 Å². The van der Waals surface area contributed by atoms with Crippen molar-refractivity contribution in [2.45, 2.75) is 45.6 Å². The van der Waals surface area contributed by atoms with Crippen molar-refractivity contribution in [3.05, 3.63) is 23.8 Å². The van der Waals surface area contributed by atoms with E-state index in [1.165, 1.54) is 12.8 Å². The van der Waals surface area contributed by atoms with Crippen LogP contribution in [0.25, 0.3) is 0 Å². The molecule has 1 N–H and O–H groups in total. The molecule has 1 aromatic carbocycles. The van der Waals surface area contributed by atoms with Gasteiger partial charge < -0.3 is 19.5 Å². The number of nitrogens with zero attached hydrogens (tertiary/aromatic N) is 1. The number of aliphatic hydroxyl groups is 1. The van der Waals surface area contributed by atoms with Gasteiger partial charge in [0.25, 0.3) is 0 Å². The minimum absolute atomic E-state index is 0.571. The maximum atomic E-state index is 10.6. The molecule has 4 nitrogen and oxygen atoms in total. The second-order valence-corrected chi connectivity index (χ2v) is 5.63. The van der Waals surface area contributed by atoms with Gasteiger partial charge >= 0.3 is 0 Å². The van der Waals surface area contributed by atoms with E-state index in [9.17, 15) is 5.11 Å². The van der Waals surface area contributed by atoms with E-state index in [1.54, 1.807) is 14.2 Å². The second kappa shape index (κ2) is 10.5. The van der Waals surface area contributed by atoms with Crippen LogP contribution in [0.2, 0.25) is 0 Å². The SMILES string of the molecule is CCCCN(CCCC)CC(O)c1cc(OC)ccc1OC. The van der Waals surface area contributed by atoms with Gasteiger partial charge in [-0.3, -0.25) is 0 Å². The standard InChI is InChI=1S/C18H31NO3/c1-5-7-11-19(12-8-6-2)14-17(20)16-13-15(21-3)9-10-18(16)22-4/h9-10,13,17,20H,5-8,11-12,14H2,1-4H3. The van der Waals surface area contributed by atoms with Gasteiger partial charge in [0.15, 0.2) is 0 Å². The molecule has 0 aliphatic carbocycles. The predicted molar refractivity (Wildman–Crippen MR) is 90.8 cm³/mol. The fourth-order valence-corrected chi connectivity index (χ4v) is 2.50. The first-order chi connectivity index (χ1) is 10.7. The van der Waals surface area contributed by atoms with Crippen LogP contribution in [0.5, 0.6) is 11.5 Å². The van der Waals surface area contributed by atoms with Crippen molar-refractivity contribution in [2.75, 3.05) is 33.9 Å². The second-order valence-electron chi connectivity index (χ2n) is 5.63. The Morgan fingerprint density at radius 2 is 1.68 bits per heavy atom. The van der Waals surface area contributed by atoms with Gasteiger partial charge in [0.1, 0.15) is 11.5 Å². The smallest absolute Gasteiger partial charge is 0.124 e. The lowest BCUT2D eigenvalue weighted by atomic mass is 10.1. The highest BCUT2D eigenvalue weighted by Crippen LogP contribution is 2.30. The molecule has 0 aliphatic heterocycles. The average Bonchev–Trinajstić information content (AvgIpc) is 2.56. The zero-order valence-corrected chi connectivity index (χ0v) is 14.5. The Bertz CT molecular complexity index is 415. The molecule has 0 bridgehead atoms. The Balaban J connectivity index is 2.80. The van der Waals surface area contributed by atoms with Crippen molar-refractivity contribution in [2.24, 2.45) is 0 Å². The quantitative estimate of drug-likeness (QED) is 0.677. The topological polar surface area (TPSA) is 41.9 Å². The number of benzene rings is 1. The highest BCUT2D eigenvalue weighted by atomic mass is 16.5. The fraction of sp³-hybridized carbons (Fsp3) is 0.667. The molecule has 0 heterocycles. The van der Waals surface area contributed by atoms with Gasteiger partial charge in [-0.15, -0.1) is 0 Å². The minimum Gasteiger partial charge on any atom is -0.497 e. The molecule has 126 valence electrons. The van der Waals surface area contributed by atoms with Crippen molar-refractivity contribution in [1.29, 1.82) is 0 Å². The van der Waals surface area contributed by atoms with Crippen molar-refractivity contribution >= 4 is 0 Å². The summed E-state index contributed by atoms with van der Waals surface area (Å²) in [6, 6.07) is 5.56. The molecule has 0 aromatic heterocycles. The van der Waals surface area contributed by atoms with Gasteiger partial charge in [0, 0.05) is 12.1 Å². The van der Waals surface area contributed by atoms with Gasteiger partial charge in [0.05, 0.1) is 20.3 Å². The highest BCUT2D eigenvalue weighted by molar-refractivity contribution is 5.41. The first-order valence-corrected chi connectivity index (χ1v) is 8.28. The van der Waals surface area contributed by atoms with Crippen LogP contribution < -0.4 is 9.47 Å². The summed E-state index contributed by atoms with van der Waals surface area (Å²) >= 11 is 0. The molecule has 1 atom stereocenters. The van der Waals surface area contributed by atoms with Crippen LogP contribution >= 0.6 is 0 Å². The molecule has 0 spiro atoms. The third-order valence-corrected chi connectivity index (χ3v) is 3.88. The molecule has 1 unspecified atom stereocenters. The monoisotopic (exact) mass is 309 g/mol. The number of hydrogen-bond donors (Lipinski definition) is 1. The van der Waals surface area contributed by atoms with Crippen LogP contribution in [0.1, 0.15) is 51.2 Å². The normalized spacial score (nSPS) is 12.5. The number of aliphatic hydroxyl groups excluding tert-OH is 1. The van der Waals surface area contributed by atoms with Crippen LogP contribution in [-0.4, -0.2) is 43.9 Å². The van der Waals surface area contributed by atoms with Crippen LogP contribution in [0.15, 0.2) is 18.2 Å². The van der Waals surface area contributed by atoms with Gasteiger partial charge in [-0.05, 0) is 44.1 Å². The van der Waals surface area contributed by atoms with E-state index < -0.39 is 6.10 Å². The highest BCUT2D eigenvalue weighted by Gasteiger charge is 2.18. The largest absolute Gasteiger partial charge is 0.497 e. The molecule has 22 heavy (non-hydrogen) atoms. The van der Waals surface area contributed by atoms with Crippen molar-refractivity contribution < 1.29 is 14.6 Å². The molecule has 0 saturated heterocycles. The molecule has 4 heteroatoms. The molecule has 0 saturated carbocycles. The van der Waals surface area contributed by atoms with Gasteiger partial charge in [-0.25, -0.2) is 0 Å². The maximum absolute atomic E-state index is 10.6. The Labute approximate surface area is 135 Å². The lowest BCUT2D eigenvalue weighted by Crippen LogP contribution is -2.31. The Kier molecular flexibility index (Phi) is 8.94. The summed E-state index contributed by atoms with van der Waals surface area (Å²) in [6.45, 7) is 7.07. The summed E-state index contributed by atoms with van der Waals surface area (Å²) in [7, 11) is 3.26. The van der Waals surface area contributed by atoms with E-state index in [0.717, 1.165) is 37.2 Å². The van der Waals surface area contributed by atoms with E-state index in [1.807, 2.05) is 18.2 Å². The number of rotatable bonds is 11. The first-order valence-electron chi connectivity index (χ1n) is 8.28. The summed E-state index contributed by atoms with van der Waals surface area (Å²) in [5.41, 5.74) is 0.792. The molecular formula is C18H31NO3. The molecule has 1 rings (SSSR count). The zero-order chi connectivity index (χ0) is 16.4. The lowest BCUT2D eigenvalue weighted by Gasteiger charge is -2.26. The summed E-state index contributed by atoms with van der Waals surface area (Å²) in [4.78, 5) is 2.34. The number of unbranched alkanes of at least 4 members (excludes halogenated alkanes) is 2. The van der Waals surface area contributed by atoms with E-state index in [0.29, 0.717) is 12.3 Å². The zero-order valence-electron chi connectivity index (χ0n) is 14.5. The van der Waals surface area contributed by atoms with Crippen molar-refractivity contribution in [3.63, 3.8) is 0 Å². The van der Waals surface area contributed by atoms with Gasteiger partial charge in [-0.2, -0.15) is 0 Å². The molecule has 0 amide bonds. The Morgan fingerprint density at radius 1 is 1.05 bits per heavy atom. The molecule has 0 radical (unpaired) electrons. The Morgan fingerprint density at radius 3 is 2.18 bits per heavy atom. The van der Waals surface area contributed by atoms with Crippen molar-refractivity contribution in [3.8, 4) is 11.5 Å². The predicted octanol–water partition coefficient (Wildman–Crippen LogP) is 3.64. The number of ether oxygens (including phenoxy) is 2. The Hall–Kier alpha value is -1.26. The summed E-state index contributed by atoms with van der Waals surface area (Å²) < 4.78 is 10.6. The molecule has 0 fully saturated rings. The van der Waals surface area contributed by atoms with Crippen LogP contribution in [0.3, 0.4) is 0 Å². The fourth-order valence-electron chi connectivity index (χ4n) is 2.50. The average molecular weight is 309 g/mol. The first kappa shape index (κ1) is 18.8. The summed E-state index contributed by atoms with van der Waals surface area (Å²) in [6.07, 6.45) is 4.08. The summed E-state index contributed by atoms with van der Waals surface area (Å²) in [5, 5.41) is 10.6. The van der Waals surface area contributed by atoms with E-state index in [2.05, 4.69) is 18.7 Å². The van der Waals surface area contributed by atoms with Crippen LogP contribution in [0.4, 0.5) is 0 Å². The van der Waals surface area contributed by atoms with Gasteiger partial charge in [0.2, 0.25) is 0 Å². The van der Waals surface area contributed by atoms with Crippen LogP contribution in [0, 0.1) is 0 Å². The third kappa shape index (κ3) is 5.85. The molecule has 1 aromatic rings. The third-order valence-electron chi connectivity index (χ3n) is 3.88.